The van der Waals surface area contributed by atoms with Gasteiger partial charge in [0.15, 0.2) is 25.8 Å². The van der Waals surface area contributed by atoms with E-state index in [1.165, 1.54) is 24.3 Å². The molecule has 164 valence electrons. The van der Waals surface area contributed by atoms with Crippen LogP contribution in [0.4, 0.5) is 9.52 Å². The Morgan fingerprint density at radius 1 is 1.29 bits per heavy atom. The second-order valence-electron chi connectivity index (χ2n) is 7.23. The zero-order valence-electron chi connectivity index (χ0n) is 16.2. The first-order valence-electron chi connectivity index (χ1n) is 9.59. The van der Waals surface area contributed by atoms with E-state index in [4.69, 9.17) is 4.84 Å². The van der Waals surface area contributed by atoms with Gasteiger partial charge in [-0.2, -0.15) is 4.39 Å². The van der Waals surface area contributed by atoms with Crippen LogP contribution in [0.3, 0.4) is 0 Å². The molecule has 2 aromatic rings. The average molecular weight is 467 g/mol. The number of hydrogen-bond donors (Lipinski definition) is 2. The molecule has 1 aromatic carbocycles. The van der Waals surface area contributed by atoms with Gasteiger partial charge in [0, 0.05) is 12.0 Å². The van der Waals surface area contributed by atoms with Crippen molar-refractivity contribution in [2.75, 3.05) is 11.9 Å². The predicted octanol–water partition coefficient (Wildman–Crippen LogP) is 1.86. The summed E-state index contributed by atoms with van der Waals surface area (Å²) >= 11 is 0.657. The number of hydrogen-bond acceptors (Lipinski definition) is 8. The van der Waals surface area contributed by atoms with Crippen LogP contribution >= 0.6 is 11.3 Å². The van der Waals surface area contributed by atoms with Gasteiger partial charge >= 0.3 is 0 Å². The summed E-state index contributed by atoms with van der Waals surface area (Å²) in [5, 5.41) is 8.23. The Hall–Kier alpha value is -2.86. The van der Waals surface area contributed by atoms with Crippen LogP contribution in [0.15, 0.2) is 40.5 Å². The van der Waals surface area contributed by atoms with Gasteiger partial charge in [0.05, 0.1) is 22.4 Å². The lowest BCUT2D eigenvalue weighted by atomic mass is 10.1. The predicted molar refractivity (Wildman–Crippen MR) is 111 cm³/mol. The number of carbonyl (C=O) groups is 2. The summed E-state index contributed by atoms with van der Waals surface area (Å²) in [5.41, 5.74) is 0.190. The molecule has 2 heterocycles. The molecule has 0 spiro atoms. The molecule has 2 aliphatic rings. The van der Waals surface area contributed by atoms with Crippen molar-refractivity contribution in [2.45, 2.75) is 41.9 Å². The average Bonchev–Trinajstić information content (AvgIpc) is 3.42. The summed E-state index contributed by atoms with van der Waals surface area (Å²) in [7, 11) is -3.37. The molecule has 31 heavy (non-hydrogen) atoms. The Morgan fingerprint density at radius 2 is 2.03 bits per heavy atom. The highest BCUT2D eigenvalue weighted by Crippen LogP contribution is 2.33. The van der Waals surface area contributed by atoms with Crippen molar-refractivity contribution in [3.8, 4) is 0 Å². The van der Waals surface area contributed by atoms with Crippen molar-refractivity contribution in [1.29, 1.82) is 0 Å². The SMILES string of the molecule is O=C1CC[C@H](CON=C(C(=O)Nc2ncc(F)s2)c2ccc(S(=O)(=O)C3CC3)cc2)N1. The molecule has 9 nitrogen and oxygen atoms in total. The van der Waals surface area contributed by atoms with Crippen LogP contribution in [0.1, 0.15) is 31.2 Å². The third kappa shape index (κ3) is 5.07. The number of aromatic nitrogens is 1. The molecule has 1 aromatic heterocycles. The van der Waals surface area contributed by atoms with Gasteiger partial charge in [0.2, 0.25) is 5.91 Å². The summed E-state index contributed by atoms with van der Waals surface area (Å²) in [5.74, 6) is -0.767. The maximum Gasteiger partial charge on any atom is 0.280 e. The molecule has 2 fully saturated rings. The minimum Gasteiger partial charge on any atom is -0.393 e. The lowest BCUT2D eigenvalue weighted by Crippen LogP contribution is -2.30. The maximum atomic E-state index is 13.2. The van der Waals surface area contributed by atoms with E-state index in [0.717, 1.165) is 6.20 Å². The number of amides is 2. The molecule has 12 heteroatoms. The van der Waals surface area contributed by atoms with Crippen molar-refractivity contribution in [3.05, 3.63) is 41.2 Å². The Labute approximate surface area is 181 Å². The number of sulfone groups is 1. The van der Waals surface area contributed by atoms with Crippen molar-refractivity contribution >= 4 is 43.8 Å². The topological polar surface area (TPSA) is 127 Å². The number of rotatable bonds is 8. The highest BCUT2D eigenvalue weighted by molar-refractivity contribution is 7.92. The fourth-order valence-corrected chi connectivity index (χ4v) is 5.26. The normalized spacial score (nSPS) is 19.2. The van der Waals surface area contributed by atoms with E-state index in [1.54, 1.807) is 0 Å². The summed E-state index contributed by atoms with van der Waals surface area (Å²) in [6.45, 7) is 0.0720. The second-order valence-corrected chi connectivity index (χ2v) is 10.4. The second kappa shape index (κ2) is 8.71. The van der Waals surface area contributed by atoms with Gasteiger partial charge in [-0.3, -0.25) is 14.9 Å². The Morgan fingerprint density at radius 3 is 2.61 bits per heavy atom. The zero-order valence-corrected chi connectivity index (χ0v) is 17.8. The number of nitrogens with one attached hydrogen (secondary N) is 2. The first-order chi connectivity index (χ1) is 14.8. The number of carbonyl (C=O) groups excluding carboxylic acids is 2. The summed E-state index contributed by atoms with van der Waals surface area (Å²) in [6, 6.07) is 5.57. The molecule has 1 saturated heterocycles. The Kier molecular flexibility index (Phi) is 6.01. The molecule has 0 bridgehead atoms. The number of anilines is 1. The maximum absolute atomic E-state index is 13.2. The van der Waals surface area contributed by atoms with Crippen LogP contribution in [0.2, 0.25) is 0 Å². The first kappa shape index (κ1) is 21.4. The number of nitrogens with zero attached hydrogens (tertiary/aromatic N) is 2. The van der Waals surface area contributed by atoms with Crippen molar-refractivity contribution < 1.29 is 27.2 Å². The van der Waals surface area contributed by atoms with Crippen molar-refractivity contribution in [2.24, 2.45) is 5.16 Å². The molecule has 1 atom stereocenters. The van der Waals surface area contributed by atoms with E-state index in [-0.39, 0.29) is 39.5 Å². The number of oxime groups is 1. The fourth-order valence-electron chi connectivity index (χ4n) is 3.06. The van der Waals surface area contributed by atoms with Gasteiger partial charge in [-0.1, -0.05) is 28.6 Å². The van der Waals surface area contributed by atoms with Crippen LogP contribution < -0.4 is 10.6 Å². The molecule has 0 radical (unpaired) electrons. The minimum absolute atomic E-state index is 0.0474. The molecule has 1 saturated carbocycles. The minimum atomic E-state index is -3.37. The van der Waals surface area contributed by atoms with Gasteiger partial charge in [-0.05, 0) is 31.4 Å². The summed E-state index contributed by atoms with van der Waals surface area (Å²) < 4.78 is 38.0. The summed E-state index contributed by atoms with van der Waals surface area (Å²) in [6.07, 6.45) is 3.28. The molecule has 1 aliphatic heterocycles. The highest BCUT2D eigenvalue weighted by Gasteiger charge is 2.36. The summed E-state index contributed by atoms with van der Waals surface area (Å²) in [4.78, 5) is 33.3. The quantitative estimate of drug-likeness (QED) is 0.452. The molecule has 2 N–H and O–H groups in total. The fraction of sp³-hybridized carbons (Fsp3) is 0.368. The van der Waals surface area contributed by atoms with Gasteiger partial charge < -0.3 is 10.2 Å². The first-order valence-corrected chi connectivity index (χ1v) is 12.0. The largest absolute Gasteiger partial charge is 0.393 e. The van der Waals surface area contributed by atoms with E-state index in [9.17, 15) is 22.4 Å². The molecular formula is C19H19FN4O5S2. The molecular weight excluding hydrogens is 447 g/mol. The van der Waals surface area contributed by atoms with E-state index in [2.05, 4.69) is 20.8 Å². The lowest BCUT2D eigenvalue weighted by Gasteiger charge is -2.10. The lowest BCUT2D eigenvalue weighted by molar-refractivity contribution is -0.119. The third-order valence-corrected chi connectivity index (χ3v) is 7.83. The van der Waals surface area contributed by atoms with Gasteiger partial charge in [0.25, 0.3) is 5.91 Å². The van der Waals surface area contributed by atoms with Gasteiger partial charge in [-0.15, -0.1) is 0 Å². The third-order valence-electron chi connectivity index (χ3n) is 4.85. The Bertz CT molecular complexity index is 1130. The van der Waals surface area contributed by atoms with Crippen molar-refractivity contribution in [1.82, 2.24) is 10.3 Å². The standard InChI is InChI=1S/C19H19FN4O5S2/c20-15-9-21-19(30-15)23-18(26)17(24-29-10-12-3-8-16(25)22-12)11-1-4-13(5-2-11)31(27,28)14-6-7-14/h1-2,4-5,9,12,14H,3,6-8,10H2,(H,22,25)(H,21,23,26)/t12-/m1/s1. The van der Waals surface area contributed by atoms with E-state index in [0.29, 0.717) is 42.6 Å². The number of halogens is 1. The van der Waals surface area contributed by atoms with E-state index < -0.39 is 20.9 Å². The zero-order chi connectivity index (χ0) is 22.0. The van der Waals surface area contributed by atoms with Crippen LogP contribution in [0, 0.1) is 5.13 Å². The molecule has 0 unspecified atom stereocenters. The highest BCUT2D eigenvalue weighted by atomic mass is 32.2. The van der Waals surface area contributed by atoms with Gasteiger partial charge in [-0.25, -0.2) is 13.4 Å². The number of benzene rings is 1. The molecule has 2 amide bonds. The Balaban J connectivity index is 1.54. The van der Waals surface area contributed by atoms with Crippen molar-refractivity contribution in [3.63, 3.8) is 0 Å². The molecule has 1 aliphatic carbocycles. The monoisotopic (exact) mass is 466 g/mol. The smallest absolute Gasteiger partial charge is 0.280 e. The molecule has 4 rings (SSSR count). The number of thiazole rings is 1. The van der Waals surface area contributed by atoms with Crippen LogP contribution in [0.25, 0.3) is 0 Å². The van der Waals surface area contributed by atoms with Crippen LogP contribution in [-0.4, -0.2) is 48.8 Å². The van der Waals surface area contributed by atoms with E-state index in [1.807, 2.05) is 0 Å². The van der Waals surface area contributed by atoms with Gasteiger partial charge in [0.1, 0.15) is 6.61 Å². The van der Waals surface area contributed by atoms with Crippen LogP contribution in [0.5, 0.6) is 0 Å². The van der Waals surface area contributed by atoms with Crippen LogP contribution in [-0.2, 0) is 24.3 Å². The van der Waals surface area contributed by atoms with E-state index >= 15 is 0 Å².